The van der Waals surface area contributed by atoms with Crippen molar-refractivity contribution < 1.29 is 58.2 Å². The second-order valence-corrected chi connectivity index (χ2v) is 17.5. The summed E-state index contributed by atoms with van der Waals surface area (Å²) >= 11 is 0. The molecule has 1 saturated heterocycles. The van der Waals surface area contributed by atoms with E-state index in [0.29, 0.717) is 17.7 Å². The first-order valence-corrected chi connectivity index (χ1v) is 22.9. The Labute approximate surface area is 407 Å². The van der Waals surface area contributed by atoms with E-state index >= 15 is 4.79 Å². The van der Waals surface area contributed by atoms with Gasteiger partial charge in [-0.3, -0.25) is 53.0 Å². The molecule has 2 aliphatic heterocycles. The van der Waals surface area contributed by atoms with Crippen molar-refractivity contribution in [1.82, 2.24) is 52.4 Å². The third-order valence-corrected chi connectivity index (χ3v) is 12.4. The lowest BCUT2D eigenvalue weighted by molar-refractivity contribution is -0.144. The molecule has 0 spiro atoms. The number of rotatable bonds is 26. The van der Waals surface area contributed by atoms with E-state index in [9.17, 15) is 48.3 Å². The predicted molar refractivity (Wildman–Crippen MR) is 252 cm³/mol. The van der Waals surface area contributed by atoms with Crippen molar-refractivity contribution in [2.24, 2.45) is 34.8 Å². The zero-order chi connectivity index (χ0) is 52.1. The second kappa shape index (κ2) is 24.6. The van der Waals surface area contributed by atoms with Crippen molar-refractivity contribution in [2.45, 2.75) is 108 Å². The van der Waals surface area contributed by atoms with Crippen LogP contribution in [0.15, 0.2) is 66.3 Å². The van der Waals surface area contributed by atoms with Crippen molar-refractivity contribution in [3.63, 3.8) is 0 Å². The third kappa shape index (κ3) is 14.4. The van der Waals surface area contributed by atoms with E-state index in [4.69, 9.17) is 28.0 Å². The largest absolute Gasteiger partial charge is 0.481 e. The number of carboxylic acid groups (broad SMARTS) is 1. The molecule has 26 nitrogen and oxygen atoms in total. The highest BCUT2D eigenvalue weighted by molar-refractivity contribution is 6.00. The number of H-pyrrole nitrogens is 1. The maximum absolute atomic E-state index is 15.0. The number of hydrazine groups is 2. The van der Waals surface area contributed by atoms with Gasteiger partial charge in [-0.2, -0.15) is 0 Å². The molecule has 18 N–H and O–H groups in total. The fourth-order valence-corrected chi connectivity index (χ4v) is 8.23. The van der Waals surface area contributed by atoms with Gasteiger partial charge in [0, 0.05) is 48.6 Å². The van der Waals surface area contributed by atoms with Gasteiger partial charge >= 0.3 is 5.97 Å². The maximum atomic E-state index is 15.0. The monoisotopic (exact) mass is 990 g/mol. The number of likely N-dealkylation sites (tertiary alicyclic amines) is 1. The van der Waals surface area contributed by atoms with Gasteiger partial charge in [-0.25, -0.2) is 0 Å². The minimum Gasteiger partial charge on any atom is -0.481 e. The Hall–Kier alpha value is -7.84. The van der Waals surface area contributed by atoms with Gasteiger partial charge in [-0.15, -0.1) is 5.53 Å². The van der Waals surface area contributed by atoms with Gasteiger partial charge in [0.1, 0.15) is 36.3 Å². The van der Waals surface area contributed by atoms with Gasteiger partial charge in [0.25, 0.3) is 0 Å². The van der Waals surface area contributed by atoms with Gasteiger partial charge in [0.15, 0.2) is 0 Å². The van der Waals surface area contributed by atoms with E-state index in [1.54, 1.807) is 49.5 Å². The zero-order valence-corrected chi connectivity index (χ0v) is 39.1. The van der Waals surface area contributed by atoms with Gasteiger partial charge in [-0.05, 0) is 42.9 Å². The van der Waals surface area contributed by atoms with Crippen LogP contribution in [0.3, 0.4) is 0 Å². The van der Waals surface area contributed by atoms with Gasteiger partial charge in [0.05, 0.1) is 36.9 Å². The van der Waals surface area contributed by atoms with Crippen molar-refractivity contribution in [3.05, 3.63) is 71.8 Å². The van der Waals surface area contributed by atoms with E-state index < -0.39 is 139 Å². The Bertz CT molecular complexity index is 2470. The molecule has 0 bridgehead atoms. The molecule has 3 aliphatic rings. The molecule has 384 valence electrons. The summed E-state index contributed by atoms with van der Waals surface area (Å²) in [4.78, 5) is 136. The Morgan fingerprint density at radius 3 is 2.08 bits per heavy atom. The number of para-hydroxylation sites is 1. The third-order valence-electron chi connectivity index (χ3n) is 12.4. The molecular weight excluding hydrogens is 929 g/mol. The molecule has 0 saturated carbocycles. The number of amides is 9. The maximum Gasteiger partial charge on any atom is 0.303 e. The molecule has 1 unspecified atom stereocenters. The standard InChI is InChI=1S/C45H62N14O12/c1-3-22(2)38(55-43(69)31(17-36(48)62)52-42(68)30(16-35(47)61)51-40(66)27(46)12-13-37(63)64)45(71)58-19-24(32-20-59(57-56-32)25-8-4-5-9-25)15-34(58)44(70)53-29(41(67)54-33(21-60)39(49)65)14-23-18-50-28-11-7-6-10-26(23)28/h4,6-11,18,20,22,24,27,29-31,33-34,38,50,56-57,60H,3,5,12-17,19,21,46H2,1-2H3,(H2,47,61)(H2,48,62)(H2,49,65)(H,51,66)(H,52,68)(H,53,70)(H,54,67)(H,55,69)(H,63,64)/t22-,24?,27-,29-,30-,31-,33-,34-,38-/m0/s1. The fourth-order valence-electron chi connectivity index (χ4n) is 8.23. The number of hydrogen-bond acceptors (Lipinski definition) is 15. The lowest BCUT2D eigenvalue weighted by Crippen LogP contribution is -2.61. The SMILES string of the molecule is CC[C@H](C)[C@H](NC(=O)[C@H](CC(N)=O)NC(=O)[C@H](CC(N)=O)NC(=O)[C@@H](N)CCC(=O)O)C(=O)N1CC(C2=CN(C3=CCC=C3)NN2)C[C@H]1C(=O)N[C@@H](Cc1c[nH]c2ccccc12)C(=O)N[C@@H](CO)C(N)=O. The minimum atomic E-state index is -1.80. The normalized spacial score (nSPS) is 19.2. The van der Waals surface area contributed by atoms with E-state index in [2.05, 4.69) is 42.5 Å². The molecule has 1 aromatic heterocycles. The van der Waals surface area contributed by atoms with E-state index in [0.717, 1.165) is 16.6 Å². The number of aliphatic hydroxyl groups excluding tert-OH is 1. The number of aliphatic carboxylic acids is 1. The number of carbonyl (C=O) groups excluding carboxylic acids is 9. The second-order valence-electron chi connectivity index (χ2n) is 17.5. The summed E-state index contributed by atoms with van der Waals surface area (Å²) in [7, 11) is 0. The van der Waals surface area contributed by atoms with Gasteiger partial charge < -0.3 is 75.0 Å². The highest BCUT2D eigenvalue weighted by Gasteiger charge is 2.46. The first-order chi connectivity index (χ1) is 33.7. The number of nitrogens with zero attached hydrogens (tertiary/aromatic N) is 2. The topological polar surface area (TPSA) is 422 Å². The van der Waals surface area contributed by atoms with Crippen LogP contribution in [0, 0.1) is 11.8 Å². The number of fused-ring (bicyclic) bond motifs is 1. The van der Waals surface area contributed by atoms with Crippen LogP contribution < -0.4 is 60.5 Å². The summed E-state index contributed by atoms with van der Waals surface area (Å²) in [6.45, 7) is 2.45. The molecule has 1 fully saturated rings. The summed E-state index contributed by atoms with van der Waals surface area (Å²) in [5.41, 5.74) is 30.9. The zero-order valence-electron chi connectivity index (χ0n) is 39.1. The van der Waals surface area contributed by atoms with Crippen LogP contribution in [0.25, 0.3) is 10.9 Å². The number of carboxylic acids is 1. The van der Waals surface area contributed by atoms with E-state index in [-0.39, 0.29) is 32.2 Å². The number of aromatic amines is 1. The van der Waals surface area contributed by atoms with Gasteiger partial charge in [-0.1, -0.05) is 50.6 Å². The van der Waals surface area contributed by atoms with Crippen molar-refractivity contribution in [2.75, 3.05) is 13.2 Å². The summed E-state index contributed by atoms with van der Waals surface area (Å²) < 4.78 is 0. The molecule has 2 aromatic rings. The molecule has 1 aromatic carbocycles. The molecular formula is C45H62N14O12. The fraction of sp³-hybridized carbons (Fsp3) is 0.467. The van der Waals surface area contributed by atoms with Crippen LogP contribution in [0.1, 0.15) is 64.4 Å². The summed E-state index contributed by atoms with van der Waals surface area (Å²) in [5.74, 6) is -11.3. The first kappa shape index (κ1) is 54.1. The lowest BCUT2D eigenvalue weighted by atomic mass is 9.96. The highest BCUT2D eigenvalue weighted by Crippen LogP contribution is 2.32. The average Bonchev–Trinajstić information content (AvgIpc) is 4.17. The minimum absolute atomic E-state index is 0.00272. The van der Waals surface area contributed by atoms with Crippen LogP contribution in [-0.2, 0) is 54.4 Å². The first-order valence-electron chi connectivity index (χ1n) is 22.9. The van der Waals surface area contributed by atoms with E-state index in [1.165, 1.54) is 4.90 Å². The molecule has 26 heteroatoms. The van der Waals surface area contributed by atoms with Crippen LogP contribution >= 0.6 is 0 Å². The molecule has 0 radical (unpaired) electrons. The summed E-state index contributed by atoms with van der Waals surface area (Å²) in [6.07, 6.45) is 7.67. The Kier molecular flexibility index (Phi) is 18.8. The quantitative estimate of drug-likeness (QED) is 0.0425. The summed E-state index contributed by atoms with van der Waals surface area (Å²) in [6, 6.07) is -3.37. The van der Waals surface area contributed by atoms with Crippen molar-refractivity contribution in [3.8, 4) is 0 Å². The number of hydrogen-bond donors (Lipinski definition) is 14. The average molecular weight is 991 g/mol. The molecule has 9 amide bonds. The Morgan fingerprint density at radius 1 is 0.845 bits per heavy atom. The molecule has 9 atom stereocenters. The van der Waals surface area contributed by atoms with E-state index in [1.807, 2.05) is 24.3 Å². The number of nitrogens with one attached hydrogen (secondary N) is 8. The number of allylic oxidation sites excluding steroid dienone is 3. The predicted octanol–water partition coefficient (Wildman–Crippen LogP) is -4.17. The molecule has 71 heavy (non-hydrogen) atoms. The highest BCUT2D eigenvalue weighted by atomic mass is 16.4. The van der Waals surface area contributed by atoms with Gasteiger partial charge in [0.2, 0.25) is 53.2 Å². The van der Waals surface area contributed by atoms with Crippen LogP contribution in [0.5, 0.6) is 0 Å². The van der Waals surface area contributed by atoms with Crippen molar-refractivity contribution in [1.29, 1.82) is 0 Å². The van der Waals surface area contributed by atoms with Crippen LogP contribution in [-0.4, -0.2) is 140 Å². The number of benzene rings is 1. The molecule has 1 aliphatic carbocycles. The number of aromatic nitrogens is 1. The number of aliphatic hydroxyl groups is 1. The van der Waals surface area contributed by atoms with Crippen LogP contribution in [0.2, 0.25) is 0 Å². The number of primary amides is 3. The Morgan fingerprint density at radius 2 is 1.48 bits per heavy atom. The number of nitrogens with two attached hydrogens (primary N) is 4. The van der Waals surface area contributed by atoms with Crippen molar-refractivity contribution >= 4 is 70.0 Å². The number of carbonyl (C=O) groups is 10. The summed E-state index contributed by atoms with van der Waals surface area (Å²) in [5, 5.41) is 33.5. The molecule has 3 heterocycles. The molecule has 5 rings (SSSR count). The smallest absolute Gasteiger partial charge is 0.303 e. The van der Waals surface area contributed by atoms with Crippen LogP contribution in [0.4, 0.5) is 0 Å². The Balaban J connectivity index is 1.45. The lowest BCUT2D eigenvalue weighted by Gasteiger charge is -2.33.